The van der Waals surface area contributed by atoms with Crippen LogP contribution in [0.25, 0.3) is 11.0 Å². The van der Waals surface area contributed by atoms with E-state index < -0.39 is 0 Å². The van der Waals surface area contributed by atoms with Crippen molar-refractivity contribution in [1.29, 1.82) is 0 Å². The average molecular weight is 256 g/mol. The predicted molar refractivity (Wildman–Crippen MR) is 71.8 cm³/mol. The van der Waals surface area contributed by atoms with Crippen LogP contribution >= 0.6 is 0 Å². The van der Waals surface area contributed by atoms with E-state index in [4.69, 9.17) is 10.2 Å². The second-order valence-corrected chi connectivity index (χ2v) is 5.82. The summed E-state index contributed by atoms with van der Waals surface area (Å²) in [6, 6.07) is 9.48. The lowest BCUT2D eigenvalue weighted by Gasteiger charge is -2.47. The van der Waals surface area contributed by atoms with Gasteiger partial charge < -0.3 is 15.1 Å². The van der Waals surface area contributed by atoms with Crippen LogP contribution in [0.15, 0.2) is 34.7 Å². The average Bonchev–Trinajstić information content (AvgIpc) is 3.13. The minimum Gasteiger partial charge on any atom is -0.451 e. The molecular formula is C15H16N2O2. The summed E-state index contributed by atoms with van der Waals surface area (Å²) < 4.78 is 5.60. The zero-order valence-corrected chi connectivity index (χ0v) is 10.6. The molecule has 0 atom stereocenters. The SMILES string of the molecule is NC1(C2CC2)CN(C(=O)c2cc3ccccc3o2)C1. The highest BCUT2D eigenvalue weighted by Gasteiger charge is 2.52. The molecule has 4 rings (SSSR count). The van der Waals surface area contributed by atoms with Gasteiger partial charge in [-0.15, -0.1) is 0 Å². The van der Waals surface area contributed by atoms with E-state index >= 15 is 0 Å². The number of hydrogen-bond donors (Lipinski definition) is 1. The van der Waals surface area contributed by atoms with Crippen molar-refractivity contribution < 1.29 is 9.21 Å². The lowest BCUT2D eigenvalue weighted by Crippen LogP contribution is -2.69. The van der Waals surface area contributed by atoms with E-state index in [0.717, 1.165) is 11.0 Å². The fraction of sp³-hybridized carbons (Fsp3) is 0.400. The van der Waals surface area contributed by atoms with Gasteiger partial charge in [0.25, 0.3) is 5.91 Å². The number of carbonyl (C=O) groups excluding carboxylic acids is 1. The Morgan fingerprint density at radius 2 is 2.05 bits per heavy atom. The van der Waals surface area contributed by atoms with Crippen molar-refractivity contribution in [2.45, 2.75) is 18.4 Å². The fourth-order valence-electron chi connectivity index (χ4n) is 2.97. The zero-order valence-electron chi connectivity index (χ0n) is 10.6. The molecule has 19 heavy (non-hydrogen) atoms. The minimum atomic E-state index is -0.137. The van der Waals surface area contributed by atoms with Crippen LogP contribution in [-0.4, -0.2) is 29.4 Å². The maximum Gasteiger partial charge on any atom is 0.289 e. The summed E-state index contributed by atoms with van der Waals surface area (Å²) in [5.41, 5.74) is 6.88. The van der Waals surface area contributed by atoms with Crippen LogP contribution in [0, 0.1) is 5.92 Å². The van der Waals surface area contributed by atoms with E-state index in [0.29, 0.717) is 24.8 Å². The van der Waals surface area contributed by atoms with Gasteiger partial charge in [-0.05, 0) is 30.9 Å². The summed E-state index contributed by atoms with van der Waals surface area (Å²) in [5, 5.41) is 0.965. The quantitative estimate of drug-likeness (QED) is 0.894. The van der Waals surface area contributed by atoms with Crippen molar-refractivity contribution in [2.24, 2.45) is 11.7 Å². The summed E-state index contributed by atoms with van der Waals surface area (Å²) in [7, 11) is 0. The highest BCUT2D eigenvalue weighted by Crippen LogP contribution is 2.43. The van der Waals surface area contributed by atoms with Gasteiger partial charge in [0.1, 0.15) is 5.58 Å². The van der Waals surface area contributed by atoms with Gasteiger partial charge in [-0.3, -0.25) is 4.79 Å². The van der Waals surface area contributed by atoms with E-state index in [1.54, 1.807) is 4.90 Å². The van der Waals surface area contributed by atoms with Crippen LogP contribution in [0.1, 0.15) is 23.4 Å². The molecule has 0 bridgehead atoms. The Balaban J connectivity index is 1.54. The molecule has 0 unspecified atom stereocenters. The molecule has 0 spiro atoms. The van der Waals surface area contributed by atoms with E-state index in [2.05, 4.69) is 0 Å². The third kappa shape index (κ3) is 1.67. The number of fused-ring (bicyclic) bond motifs is 1. The highest BCUT2D eigenvalue weighted by atomic mass is 16.3. The molecule has 2 heterocycles. The number of carbonyl (C=O) groups is 1. The normalized spacial score (nSPS) is 21.4. The standard InChI is InChI=1S/C15H16N2O2/c16-15(11-5-6-11)8-17(9-15)14(18)13-7-10-3-1-2-4-12(10)19-13/h1-4,7,11H,5-6,8-9,16H2. The Morgan fingerprint density at radius 1 is 1.32 bits per heavy atom. The number of hydrogen-bond acceptors (Lipinski definition) is 3. The number of rotatable bonds is 2. The summed E-state index contributed by atoms with van der Waals surface area (Å²) in [6.07, 6.45) is 2.42. The van der Waals surface area contributed by atoms with Crippen molar-refractivity contribution in [2.75, 3.05) is 13.1 Å². The third-order valence-corrected chi connectivity index (χ3v) is 4.28. The maximum atomic E-state index is 12.3. The van der Waals surface area contributed by atoms with Crippen molar-refractivity contribution in [3.05, 3.63) is 36.1 Å². The number of likely N-dealkylation sites (tertiary alicyclic amines) is 1. The molecule has 1 aromatic carbocycles. The number of furan rings is 1. The van der Waals surface area contributed by atoms with E-state index in [1.807, 2.05) is 30.3 Å². The van der Waals surface area contributed by atoms with E-state index in [9.17, 15) is 4.79 Å². The summed E-state index contributed by atoms with van der Waals surface area (Å²) in [4.78, 5) is 14.1. The second-order valence-electron chi connectivity index (χ2n) is 5.82. The molecule has 1 amide bonds. The van der Waals surface area contributed by atoms with Crippen molar-refractivity contribution >= 4 is 16.9 Å². The van der Waals surface area contributed by atoms with Crippen molar-refractivity contribution in [1.82, 2.24) is 4.90 Å². The van der Waals surface area contributed by atoms with Gasteiger partial charge in [0.15, 0.2) is 5.76 Å². The predicted octanol–water partition coefficient (Wildman–Crippen LogP) is 2.00. The van der Waals surface area contributed by atoms with Crippen molar-refractivity contribution in [3.8, 4) is 0 Å². The van der Waals surface area contributed by atoms with Crippen LogP contribution < -0.4 is 5.73 Å². The molecule has 1 aliphatic heterocycles. The largest absolute Gasteiger partial charge is 0.451 e. The molecule has 2 aliphatic rings. The molecule has 4 heteroatoms. The zero-order chi connectivity index (χ0) is 13.0. The smallest absolute Gasteiger partial charge is 0.289 e. The van der Waals surface area contributed by atoms with Gasteiger partial charge in [-0.2, -0.15) is 0 Å². The number of benzene rings is 1. The van der Waals surface area contributed by atoms with E-state index in [1.165, 1.54) is 12.8 Å². The number of amides is 1. The summed E-state index contributed by atoms with van der Waals surface area (Å²) >= 11 is 0. The Kier molecular flexibility index (Phi) is 2.10. The van der Waals surface area contributed by atoms with E-state index in [-0.39, 0.29) is 11.4 Å². The molecule has 2 N–H and O–H groups in total. The molecule has 2 aromatic rings. The summed E-state index contributed by atoms with van der Waals surface area (Å²) in [6.45, 7) is 1.32. The molecule has 2 fully saturated rings. The lowest BCUT2D eigenvalue weighted by atomic mass is 9.85. The van der Waals surface area contributed by atoms with Gasteiger partial charge in [0, 0.05) is 18.5 Å². The molecule has 1 saturated heterocycles. The first-order valence-electron chi connectivity index (χ1n) is 6.72. The van der Waals surface area contributed by atoms with Crippen LogP contribution in [0.4, 0.5) is 0 Å². The van der Waals surface area contributed by atoms with Gasteiger partial charge >= 0.3 is 0 Å². The molecular weight excluding hydrogens is 240 g/mol. The first-order chi connectivity index (χ1) is 9.16. The third-order valence-electron chi connectivity index (χ3n) is 4.28. The molecule has 1 aromatic heterocycles. The monoisotopic (exact) mass is 256 g/mol. The lowest BCUT2D eigenvalue weighted by molar-refractivity contribution is 0.0324. The van der Waals surface area contributed by atoms with Crippen LogP contribution in [-0.2, 0) is 0 Å². The second kappa shape index (κ2) is 3.61. The molecule has 1 saturated carbocycles. The van der Waals surface area contributed by atoms with Crippen LogP contribution in [0.3, 0.4) is 0 Å². The van der Waals surface area contributed by atoms with Gasteiger partial charge in [-0.1, -0.05) is 18.2 Å². The molecule has 4 nitrogen and oxygen atoms in total. The molecule has 1 aliphatic carbocycles. The van der Waals surface area contributed by atoms with Gasteiger partial charge in [-0.25, -0.2) is 0 Å². The molecule has 0 radical (unpaired) electrons. The minimum absolute atomic E-state index is 0.0436. The number of nitrogens with two attached hydrogens (primary N) is 1. The van der Waals surface area contributed by atoms with Crippen LogP contribution in [0.2, 0.25) is 0 Å². The van der Waals surface area contributed by atoms with Crippen molar-refractivity contribution in [3.63, 3.8) is 0 Å². The molecule has 98 valence electrons. The Morgan fingerprint density at radius 3 is 2.74 bits per heavy atom. The topological polar surface area (TPSA) is 59.5 Å². The first-order valence-corrected chi connectivity index (χ1v) is 6.72. The Bertz CT molecular complexity index is 618. The number of nitrogens with zero attached hydrogens (tertiary/aromatic N) is 1. The highest BCUT2D eigenvalue weighted by molar-refractivity contribution is 5.96. The van der Waals surface area contributed by atoms with Gasteiger partial charge in [0.05, 0.1) is 5.54 Å². The Hall–Kier alpha value is -1.81. The van der Waals surface area contributed by atoms with Gasteiger partial charge in [0.2, 0.25) is 0 Å². The summed E-state index contributed by atoms with van der Waals surface area (Å²) in [5.74, 6) is 0.990. The first kappa shape index (κ1) is 11.1. The number of para-hydroxylation sites is 1. The maximum absolute atomic E-state index is 12.3. The van der Waals surface area contributed by atoms with Crippen LogP contribution in [0.5, 0.6) is 0 Å². The Labute approximate surface area is 111 Å². The fourth-order valence-corrected chi connectivity index (χ4v) is 2.97.